The molecule has 1 heterocycles. The van der Waals surface area contributed by atoms with Crippen molar-refractivity contribution in [3.8, 4) is 0 Å². The van der Waals surface area contributed by atoms with E-state index in [1.807, 2.05) is 7.05 Å². The average molecular weight is 266 g/mol. The van der Waals surface area contributed by atoms with Crippen LogP contribution in [0.25, 0.3) is 0 Å². The summed E-state index contributed by atoms with van der Waals surface area (Å²) in [6, 6.07) is 0.652. The lowest BCUT2D eigenvalue weighted by Crippen LogP contribution is -2.27. The summed E-state index contributed by atoms with van der Waals surface area (Å²) >= 11 is 0. The number of hydrogen-bond donors (Lipinski definition) is 1. The Morgan fingerprint density at radius 2 is 2.05 bits per heavy atom. The molecule has 0 radical (unpaired) electrons. The fourth-order valence-electron chi connectivity index (χ4n) is 2.68. The molecule has 0 spiro atoms. The van der Waals surface area contributed by atoms with Crippen molar-refractivity contribution in [3.63, 3.8) is 0 Å². The maximum Gasteiger partial charge on any atom is 0.317 e. The predicted octanol–water partition coefficient (Wildman–Crippen LogP) is 2.59. The molecule has 1 aliphatic rings. The summed E-state index contributed by atoms with van der Waals surface area (Å²) in [6.07, 6.45) is 7.92. The van der Waals surface area contributed by atoms with Crippen LogP contribution in [0.15, 0.2) is 4.42 Å². The number of nitrogens with zero attached hydrogens (tertiary/aromatic N) is 3. The van der Waals surface area contributed by atoms with Gasteiger partial charge in [-0.3, -0.25) is 0 Å². The first-order valence-corrected chi connectivity index (χ1v) is 7.54. The zero-order chi connectivity index (χ0) is 13.5. The van der Waals surface area contributed by atoms with E-state index < -0.39 is 0 Å². The summed E-state index contributed by atoms with van der Waals surface area (Å²) in [5, 5.41) is 11.5. The van der Waals surface area contributed by atoms with E-state index in [4.69, 9.17) is 4.42 Å². The minimum absolute atomic E-state index is 0.652. The molecular weight excluding hydrogens is 240 g/mol. The molecule has 0 atom stereocenters. The summed E-state index contributed by atoms with van der Waals surface area (Å²) in [5.74, 6) is 1.46. The van der Waals surface area contributed by atoms with Crippen LogP contribution in [0, 0.1) is 5.92 Å². The standard InChI is InChI=1S/C14H26N4O/c1-3-9-15-10-13-16-17-14(19-13)18(2)11-12-7-5-4-6-8-12/h12,15H,3-11H2,1-2H3. The van der Waals surface area contributed by atoms with Crippen LogP contribution in [0.3, 0.4) is 0 Å². The van der Waals surface area contributed by atoms with E-state index >= 15 is 0 Å². The van der Waals surface area contributed by atoms with Crippen LogP contribution in [0.4, 0.5) is 6.01 Å². The second kappa shape index (κ2) is 7.48. The van der Waals surface area contributed by atoms with Crippen molar-refractivity contribution in [3.05, 3.63) is 5.89 Å². The topological polar surface area (TPSA) is 54.2 Å². The van der Waals surface area contributed by atoms with E-state index in [0.29, 0.717) is 18.5 Å². The fraction of sp³-hybridized carbons (Fsp3) is 0.857. The lowest BCUT2D eigenvalue weighted by atomic mass is 9.89. The lowest BCUT2D eigenvalue weighted by molar-refractivity contribution is 0.354. The lowest BCUT2D eigenvalue weighted by Gasteiger charge is -2.25. The number of anilines is 1. The number of hydrogen-bond acceptors (Lipinski definition) is 5. The second-order valence-electron chi connectivity index (χ2n) is 5.54. The van der Waals surface area contributed by atoms with Gasteiger partial charge in [-0.15, -0.1) is 5.10 Å². The van der Waals surface area contributed by atoms with Crippen LogP contribution in [-0.4, -0.2) is 30.3 Å². The molecule has 1 saturated carbocycles. The summed E-state index contributed by atoms with van der Waals surface area (Å²) in [5.41, 5.74) is 0. The van der Waals surface area contributed by atoms with Gasteiger partial charge in [0.15, 0.2) is 0 Å². The molecule has 0 aliphatic heterocycles. The minimum Gasteiger partial charge on any atom is -0.407 e. The van der Waals surface area contributed by atoms with Gasteiger partial charge in [0.25, 0.3) is 0 Å². The third-order valence-electron chi connectivity index (χ3n) is 3.74. The summed E-state index contributed by atoms with van der Waals surface area (Å²) in [6.45, 7) is 4.82. The van der Waals surface area contributed by atoms with Crippen molar-refractivity contribution in [1.82, 2.24) is 15.5 Å². The van der Waals surface area contributed by atoms with E-state index in [1.54, 1.807) is 0 Å². The first-order chi connectivity index (χ1) is 9.29. The largest absolute Gasteiger partial charge is 0.407 e. The Labute approximate surface area is 115 Å². The Hall–Kier alpha value is -1.10. The van der Waals surface area contributed by atoms with Crippen LogP contribution in [0.2, 0.25) is 0 Å². The quantitative estimate of drug-likeness (QED) is 0.769. The molecule has 1 aromatic rings. The molecule has 1 fully saturated rings. The predicted molar refractivity (Wildman–Crippen MR) is 76.1 cm³/mol. The van der Waals surface area contributed by atoms with Crippen molar-refractivity contribution >= 4 is 6.01 Å². The summed E-state index contributed by atoms with van der Waals surface area (Å²) in [4.78, 5) is 2.10. The summed E-state index contributed by atoms with van der Waals surface area (Å²) in [7, 11) is 2.05. The second-order valence-corrected chi connectivity index (χ2v) is 5.54. The molecule has 108 valence electrons. The highest BCUT2D eigenvalue weighted by Gasteiger charge is 2.18. The van der Waals surface area contributed by atoms with E-state index in [0.717, 1.165) is 25.4 Å². The van der Waals surface area contributed by atoms with Crippen molar-refractivity contribution in [2.45, 2.75) is 52.0 Å². The van der Waals surface area contributed by atoms with Gasteiger partial charge in [0.2, 0.25) is 5.89 Å². The molecule has 1 aromatic heterocycles. The molecule has 1 aliphatic carbocycles. The number of rotatable bonds is 7. The summed E-state index contributed by atoms with van der Waals surface area (Å²) < 4.78 is 5.67. The molecule has 5 heteroatoms. The molecule has 1 N–H and O–H groups in total. The van der Waals surface area contributed by atoms with Gasteiger partial charge in [-0.05, 0) is 31.7 Å². The highest BCUT2D eigenvalue weighted by atomic mass is 16.4. The van der Waals surface area contributed by atoms with Gasteiger partial charge in [-0.2, -0.15) is 0 Å². The van der Waals surface area contributed by atoms with Crippen molar-refractivity contribution in [2.24, 2.45) is 5.92 Å². The van der Waals surface area contributed by atoms with Gasteiger partial charge in [-0.1, -0.05) is 31.3 Å². The molecule has 0 amide bonds. The maximum absolute atomic E-state index is 5.67. The Balaban J connectivity index is 1.79. The Kier molecular flexibility index (Phi) is 5.63. The Bertz CT molecular complexity index is 360. The van der Waals surface area contributed by atoms with Gasteiger partial charge < -0.3 is 14.6 Å². The van der Waals surface area contributed by atoms with Gasteiger partial charge in [0.1, 0.15) is 0 Å². The maximum atomic E-state index is 5.67. The third kappa shape index (κ3) is 4.49. The highest BCUT2D eigenvalue weighted by Crippen LogP contribution is 2.25. The molecule has 5 nitrogen and oxygen atoms in total. The number of nitrogens with one attached hydrogen (secondary N) is 1. The van der Waals surface area contributed by atoms with Gasteiger partial charge in [0.05, 0.1) is 6.54 Å². The molecule has 0 aromatic carbocycles. The zero-order valence-electron chi connectivity index (χ0n) is 12.2. The van der Waals surface area contributed by atoms with Crippen molar-refractivity contribution in [2.75, 3.05) is 25.0 Å². The van der Waals surface area contributed by atoms with E-state index in [1.165, 1.54) is 32.1 Å². The first kappa shape index (κ1) is 14.3. The zero-order valence-corrected chi connectivity index (χ0v) is 12.2. The highest BCUT2D eigenvalue weighted by molar-refractivity contribution is 5.21. The molecule has 0 saturated heterocycles. The van der Waals surface area contributed by atoms with E-state index in [-0.39, 0.29) is 0 Å². The van der Waals surface area contributed by atoms with Crippen LogP contribution in [-0.2, 0) is 6.54 Å². The Morgan fingerprint density at radius 3 is 2.79 bits per heavy atom. The van der Waals surface area contributed by atoms with Gasteiger partial charge in [-0.25, -0.2) is 0 Å². The first-order valence-electron chi connectivity index (χ1n) is 7.54. The third-order valence-corrected chi connectivity index (χ3v) is 3.74. The van der Waals surface area contributed by atoms with Crippen LogP contribution < -0.4 is 10.2 Å². The molecule has 19 heavy (non-hydrogen) atoms. The SMILES string of the molecule is CCCNCc1nnc(N(C)CC2CCCCC2)o1. The Morgan fingerprint density at radius 1 is 1.26 bits per heavy atom. The van der Waals surface area contributed by atoms with Crippen LogP contribution in [0.1, 0.15) is 51.3 Å². The van der Waals surface area contributed by atoms with Gasteiger partial charge >= 0.3 is 6.01 Å². The monoisotopic (exact) mass is 266 g/mol. The van der Waals surface area contributed by atoms with Crippen molar-refractivity contribution in [1.29, 1.82) is 0 Å². The molecule has 2 rings (SSSR count). The molecule has 0 bridgehead atoms. The van der Waals surface area contributed by atoms with Gasteiger partial charge in [0, 0.05) is 13.6 Å². The number of aromatic nitrogens is 2. The van der Waals surface area contributed by atoms with Crippen LogP contribution >= 0.6 is 0 Å². The van der Waals surface area contributed by atoms with E-state index in [2.05, 4.69) is 27.3 Å². The molecule has 0 unspecified atom stereocenters. The van der Waals surface area contributed by atoms with Crippen LogP contribution in [0.5, 0.6) is 0 Å². The normalized spacial score (nSPS) is 16.7. The fourth-order valence-corrected chi connectivity index (χ4v) is 2.68. The smallest absolute Gasteiger partial charge is 0.317 e. The molecular formula is C14H26N4O. The average Bonchev–Trinajstić information content (AvgIpc) is 2.89. The van der Waals surface area contributed by atoms with Crippen molar-refractivity contribution < 1.29 is 4.42 Å². The van der Waals surface area contributed by atoms with E-state index in [9.17, 15) is 0 Å². The minimum atomic E-state index is 0.652.